The Morgan fingerprint density at radius 1 is 1.45 bits per heavy atom. The number of anilines is 1. The summed E-state index contributed by atoms with van der Waals surface area (Å²) in [6, 6.07) is 3.85. The van der Waals surface area contributed by atoms with Crippen molar-refractivity contribution in [3.63, 3.8) is 0 Å². The summed E-state index contributed by atoms with van der Waals surface area (Å²) in [5.41, 5.74) is 2.44. The number of pyridine rings is 1. The Hall–Kier alpha value is -2.44. The number of aryl methyl sites for hydroxylation is 3. The minimum absolute atomic E-state index is 0.0510. The molecule has 0 fully saturated rings. The van der Waals surface area contributed by atoms with Crippen LogP contribution in [0.5, 0.6) is 0 Å². The van der Waals surface area contributed by atoms with E-state index in [1.165, 1.54) is 4.68 Å². The maximum absolute atomic E-state index is 11.2. The van der Waals surface area contributed by atoms with Crippen LogP contribution >= 0.6 is 0 Å². The van der Waals surface area contributed by atoms with Gasteiger partial charge in [0.25, 0.3) is 0 Å². The van der Waals surface area contributed by atoms with Crippen molar-refractivity contribution >= 4 is 11.5 Å². The molecule has 0 unspecified atom stereocenters. The van der Waals surface area contributed by atoms with E-state index in [2.05, 4.69) is 15.4 Å². The smallest absolute Gasteiger partial charge is 0.333 e. The van der Waals surface area contributed by atoms with E-state index in [4.69, 9.17) is 0 Å². The number of hydrogen-bond donors (Lipinski definition) is 1. The summed E-state index contributed by atoms with van der Waals surface area (Å²) in [6.45, 7) is 4.23. The van der Waals surface area contributed by atoms with Gasteiger partial charge >= 0.3 is 5.69 Å². The average Bonchev–Trinajstić information content (AvgIpc) is 2.74. The topological polar surface area (TPSA) is 85.9 Å². The molecule has 0 amide bonds. The van der Waals surface area contributed by atoms with Crippen LogP contribution < -0.4 is 5.32 Å². The van der Waals surface area contributed by atoms with Crippen LogP contribution in [-0.2, 0) is 20.0 Å². The van der Waals surface area contributed by atoms with E-state index in [9.17, 15) is 10.1 Å². The summed E-state index contributed by atoms with van der Waals surface area (Å²) in [7, 11) is 1.70. The third-order valence-corrected chi connectivity index (χ3v) is 3.04. The molecule has 7 nitrogen and oxygen atoms in total. The Labute approximate surface area is 116 Å². The number of nitro groups is 1. The highest BCUT2D eigenvalue weighted by Crippen LogP contribution is 2.28. The number of nitrogens with one attached hydrogen (secondary N) is 1. The zero-order valence-electron chi connectivity index (χ0n) is 11.8. The van der Waals surface area contributed by atoms with E-state index >= 15 is 0 Å². The van der Waals surface area contributed by atoms with Crippen LogP contribution in [0.1, 0.15) is 23.9 Å². The lowest BCUT2D eigenvalue weighted by atomic mass is 10.2. The standard InChI is InChI=1S/C13H17N5O2/c1-4-11-12(18(19)20)13(17(3)16-11)15-8-10-6-5-9(2)14-7-10/h5-7,15H,4,8H2,1-3H3. The summed E-state index contributed by atoms with van der Waals surface area (Å²) in [5.74, 6) is 0.424. The number of rotatable bonds is 5. The summed E-state index contributed by atoms with van der Waals surface area (Å²) < 4.78 is 1.51. The first kappa shape index (κ1) is 14.0. The second-order valence-electron chi connectivity index (χ2n) is 4.54. The quantitative estimate of drug-likeness (QED) is 0.667. The Kier molecular flexibility index (Phi) is 3.97. The molecule has 7 heteroatoms. The van der Waals surface area contributed by atoms with Gasteiger partial charge in [-0.25, -0.2) is 4.68 Å². The molecule has 0 saturated carbocycles. The van der Waals surface area contributed by atoms with Crippen molar-refractivity contribution in [2.24, 2.45) is 7.05 Å². The molecule has 0 bridgehead atoms. The van der Waals surface area contributed by atoms with Gasteiger partial charge < -0.3 is 5.32 Å². The SMILES string of the molecule is CCc1nn(C)c(NCc2ccc(C)nc2)c1[N+](=O)[O-]. The average molecular weight is 275 g/mol. The van der Waals surface area contributed by atoms with Gasteiger partial charge in [0.05, 0.1) is 4.92 Å². The van der Waals surface area contributed by atoms with Crippen molar-refractivity contribution < 1.29 is 4.92 Å². The van der Waals surface area contributed by atoms with Crippen molar-refractivity contribution in [3.8, 4) is 0 Å². The van der Waals surface area contributed by atoms with E-state index in [0.717, 1.165) is 11.3 Å². The lowest BCUT2D eigenvalue weighted by molar-refractivity contribution is -0.384. The highest BCUT2D eigenvalue weighted by molar-refractivity contribution is 5.59. The van der Waals surface area contributed by atoms with Gasteiger partial charge in [-0.2, -0.15) is 5.10 Å². The molecular weight excluding hydrogens is 258 g/mol. The lowest BCUT2D eigenvalue weighted by Gasteiger charge is -2.06. The van der Waals surface area contributed by atoms with Crippen LogP contribution in [0.4, 0.5) is 11.5 Å². The third-order valence-electron chi connectivity index (χ3n) is 3.04. The monoisotopic (exact) mass is 275 g/mol. The highest BCUT2D eigenvalue weighted by Gasteiger charge is 2.25. The Bertz CT molecular complexity index is 618. The molecule has 0 aliphatic heterocycles. The first-order chi connectivity index (χ1) is 9.52. The first-order valence-electron chi connectivity index (χ1n) is 6.38. The van der Waals surface area contributed by atoms with Gasteiger partial charge in [0.15, 0.2) is 0 Å². The molecule has 0 saturated heterocycles. The zero-order chi connectivity index (χ0) is 14.7. The van der Waals surface area contributed by atoms with Crippen molar-refractivity contribution in [2.75, 3.05) is 5.32 Å². The fourth-order valence-corrected chi connectivity index (χ4v) is 1.99. The molecule has 1 N–H and O–H groups in total. The molecule has 0 aromatic carbocycles. The first-order valence-corrected chi connectivity index (χ1v) is 6.38. The van der Waals surface area contributed by atoms with Gasteiger partial charge in [-0.05, 0) is 25.0 Å². The molecule has 0 aliphatic carbocycles. The third kappa shape index (κ3) is 2.76. The van der Waals surface area contributed by atoms with E-state index < -0.39 is 0 Å². The van der Waals surface area contributed by atoms with E-state index in [0.29, 0.717) is 24.5 Å². The maximum Gasteiger partial charge on any atom is 0.333 e. The largest absolute Gasteiger partial charge is 0.360 e. The molecule has 106 valence electrons. The van der Waals surface area contributed by atoms with Crippen LogP contribution in [0, 0.1) is 17.0 Å². The molecule has 0 atom stereocenters. The van der Waals surface area contributed by atoms with Crippen molar-refractivity contribution in [1.29, 1.82) is 0 Å². The number of hydrogen-bond acceptors (Lipinski definition) is 5. The highest BCUT2D eigenvalue weighted by atomic mass is 16.6. The molecule has 0 spiro atoms. The van der Waals surface area contributed by atoms with Gasteiger partial charge in [0.2, 0.25) is 5.82 Å². The minimum Gasteiger partial charge on any atom is -0.360 e. The predicted octanol–water partition coefficient (Wildman–Crippen LogP) is 2.21. The van der Waals surface area contributed by atoms with Crippen LogP contribution in [0.3, 0.4) is 0 Å². The van der Waals surface area contributed by atoms with Crippen LogP contribution in [0.2, 0.25) is 0 Å². The predicted molar refractivity (Wildman–Crippen MR) is 75.5 cm³/mol. The van der Waals surface area contributed by atoms with Gasteiger partial charge in [-0.15, -0.1) is 0 Å². The normalized spacial score (nSPS) is 10.6. The minimum atomic E-state index is -0.387. The van der Waals surface area contributed by atoms with Crippen molar-refractivity contribution in [3.05, 3.63) is 45.4 Å². The summed E-state index contributed by atoms with van der Waals surface area (Å²) in [4.78, 5) is 15.0. The fourth-order valence-electron chi connectivity index (χ4n) is 1.99. The molecule has 2 heterocycles. The number of nitrogens with zero attached hydrogens (tertiary/aromatic N) is 4. The van der Waals surface area contributed by atoms with Gasteiger partial charge in [-0.3, -0.25) is 15.1 Å². The molecule has 20 heavy (non-hydrogen) atoms. The maximum atomic E-state index is 11.2. The second kappa shape index (κ2) is 5.68. The molecule has 0 aliphatic rings. The van der Waals surface area contributed by atoms with Gasteiger partial charge in [-0.1, -0.05) is 13.0 Å². The van der Waals surface area contributed by atoms with Gasteiger partial charge in [0, 0.05) is 25.5 Å². The van der Waals surface area contributed by atoms with E-state index in [-0.39, 0.29) is 10.6 Å². The molecule has 2 aromatic heterocycles. The second-order valence-corrected chi connectivity index (χ2v) is 4.54. The van der Waals surface area contributed by atoms with Crippen molar-refractivity contribution in [1.82, 2.24) is 14.8 Å². The summed E-state index contributed by atoms with van der Waals surface area (Å²) >= 11 is 0. The van der Waals surface area contributed by atoms with Crippen LogP contribution in [-0.4, -0.2) is 19.7 Å². The lowest BCUT2D eigenvalue weighted by Crippen LogP contribution is -2.06. The molecule has 0 radical (unpaired) electrons. The molecule has 2 aromatic rings. The Balaban J connectivity index is 2.22. The van der Waals surface area contributed by atoms with Crippen LogP contribution in [0.25, 0.3) is 0 Å². The fraction of sp³-hybridized carbons (Fsp3) is 0.385. The molecule has 2 rings (SSSR count). The summed E-state index contributed by atoms with van der Waals surface area (Å²) in [6.07, 6.45) is 2.28. The van der Waals surface area contributed by atoms with E-state index in [1.807, 2.05) is 26.0 Å². The number of aromatic nitrogens is 3. The molecular formula is C13H17N5O2. The Morgan fingerprint density at radius 2 is 2.20 bits per heavy atom. The Morgan fingerprint density at radius 3 is 2.75 bits per heavy atom. The summed E-state index contributed by atoms with van der Waals surface area (Å²) in [5, 5.41) is 18.4. The van der Waals surface area contributed by atoms with E-state index in [1.54, 1.807) is 13.2 Å². The zero-order valence-corrected chi connectivity index (χ0v) is 11.8. The van der Waals surface area contributed by atoms with Crippen molar-refractivity contribution in [2.45, 2.75) is 26.8 Å². The van der Waals surface area contributed by atoms with Crippen LogP contribution in [0.15, 0.2) is 18.3 Å². The van der Waals surface area contributed by atoms with Gasteiger partial charge in [0.1, 0.15) is 5.69 Å².